The Morgan fingerprint density at radius 3 is 2.71 bits per heavy atom. The summed E-state index contributed by atoms with van der Waals surface area (Å²) in [5.74, 6) is 0.907. The molecule has 0 heterocycles. The highest BCUT2D eigenvalue weighted by atomic mass is 35.5. The molecule has 2 rings (SSSR count). The highest BCUT2D eigenvalue weighted by molar-refractivity contribution is 6.36. The molecule has 2 aromatic carbocycles. The molecule has 0 aliphatic carbocycles. The van der Waals surface area contributed by atoms with Crippen molar-refractivity contribution in [2.45, 2.75) is 26.3 Å². The van der Waals surface area contributed by atoms with Crippen molar-refractivity contribution in [3.63, 3.8) is 0 Å². The van der Waals surface area contributed by atoms with E-state index in [1.54, 1.807) is 6.07 Å². The van der Waals surface area contributed by atoms with E-state index in [1.807, 2.05) is 30.3 Å². The highest BCUT2D eigenvalue weighted by Gasteiger charge is 2.02. The van der Waals surface area contributed by atoms with Crippen molar-refractivity contribution in [2.75, 3.05) is 11.9 Å². The van der Waals surface area contributed by atoms with Crippen LogP contribution in [0.5, 0.6) is 5.75 Å². The molecule has 0 aliphatic heterocycles. The first kappa shape index (κ1) is 16.0. The second-order valence-corrected chi connectivity index (χ2v) is 5.67. The lowest BCUT2D eigenvalue weighted by Gasteiger charge is -2.10. The van der Waals surface area contributed by atoms with Gasteiger partial charge in [0.25, 0.3) is 0 Å². The monoisotopic (exact) mass is 323 g/mol. The smallest absolute Gasteiger partial charge is 0.119 e. The number of unbranched alkanes of at least 4 members (excludes halogenated alkanes) is 1. The molecule has 0 amide bonds. The lowest BCUT2D eigenvalue weighted by Crippen LogP contribution is -2.01. The molecule has 0 atom stereocenters. The van der Waals surface area contributed by atoms with E-state index in [1.165, 1.54) is 0 Å². The van der Waals surface area contributed by atoms with Gasteiger partial charge in [-0.2, -0.15) is 0 Å². The summed E-state index contributed by atoms with van der Waals surface area (Å²) in [7, 11) is 0. The van der Waals surface area contributed by atoms with E-state index in [4.69, 9.17) is 27.9 Å². The molecular weight excluding hydrogens is 305 g/mol. The Hall–Kier alpha value is -1.38. The van der Waals surface area contributed by atoms with Crippen LogP contribution in [0.2, 0.25) is 10.0 Å². The minimum Gasteiger partial charge on any atom is -0.494 e. The Bertz CT molecular complexity index is 587. The Balaban J connectivity index is 1.95. The highest BCUT2D eigenvalue weighted by Crippen LogP contribution is 2.26. The summed E-state index contributed by atoms with van der Waals surface area (Å²) in [5.41, 5.74) is 2.02. The first-order valence-electron chi connectivity index (χ1n) is 7.09. The van der Waals surface area contributed by atoms with Crippen molar-refractivity contribution in [1.82, 2.24) is 0 Å². The van der Waals surface area contributed by atoms with Gasteiger partial charge in [-0.15, -0.1) is 0 Å². The normalized spacial score (nSPS) is 10.4. The number of ether oxygens (including phenoxy) is 1. The molecule has 0 bridgehead atoms. The summed E-state index contributed by atoms with van der Waals surface area (Å²) in [4.78, 5) is 0. The molecular formula is C17H19Cl2NO. The third-order valence-electron chi connectivity index (χ3n) is 3.08. The second-order valence-electron chi connectivity index (χ2n) is 4.83. The third kappa shape index (κ3) is 5.14. The van der Waals surface area contributed by atoms with Crippen LogP contribution in [0.15, 0.2) is 42.5 Å². The summed E-state index contributed by atoms with van der Waals surface area (Å²) in [6, 6.07) is 13.5. The summed E-state index contributed by atoms with van der Waals surface area (Å²) in [6.07, 6.45) is 2.21. The fourth-order valence-corrected chi connectivity index (χ4v) is 2.39. The van der Waals surface area contributed by atoms with Gasteiger partial charge in [-0.1, -0.05) is 48.7 Å². The molecule has 112 valence electrons. The van der Waals surface area contributed by atoms with Crippen molar-refractivity contribution < 1.29 is 4.74 Å². The molecule has 0 spiro atoms. The second kappa shape index (κ2) is 8.16. The topological polar surface area (TPSA) is 21.3 Å². The predicted octanol–water partition coefficient (Wildman–Crippen LogP) is 5.78. The van der Waals surface area contributed by atoms with E-state index < -0.39 is 0 Å². The SMILES string of the molecule is CCCCOc1cccc(CNc2ccc(Cl)cc2Cl)c1. The van der Waals surface area contributed by atoms with Crippen molar-refractivity contribution in [3.05, 3.63) is 58.1 Å². The predicted molar refractivity (Wildman–Crippen MR) is 90.6 cm³/mol. The summed E-state index contributed by atoms with van der Waals surface area (Å²) < 4.78 is 5.71. The maximum atomic E-state index is 6.14. The average Bonchev–Trinajstić information content (AvgIpc) is 2.47. The first-order valence-corrected chi connectivity index (χ1v) is 7.85. The Labute approximate surface area is 136 Å². The molecule has 1 N–H and O–H groups in total. The lowest BCUT2D eigenvalue weighted by molar-refractivity contribution is 0.309. The van der Waals surface area contributed by atoms with Crippen LogP contribution in [-0.4, -0.2) is 6.61 Å². The summed E-state index contributed by atoms with van der Waals surface area (Å²) in [6.45, 7) is 3.60. The van der Waals surface area contributed by atoms with Crippen LogP contribution < -0.4 is 10.1 Å². The quantitative estimate of drug-likeness (QED) is 0.651. The summed E-state index contributed by atoms with van der Waals surface area (Å²) >= 11 is 12.0. The van der Waals surface area contributed by atoms with Gasteiger partial charge in [0.15, 0.2) is 0 Å². The van der Waals surface area contributed by atoms with Crippen molar-refractivity contribution >= 4 is 28.9 Å². The zero-order valence-corrected chi connectivity index (χ0v) is 13.5. The Kier molecular flexibility index (Phi) is 6.21. The maximum Gasteiger partial charge on any atom is 0.119 e. The molecule has 0 aliphatic rings. The lowest BCUT2D eigenvalue weighted by atomic mass is 10.2. The number of hydrogen-bond acceptors (Lipinski definition) is 2. The molecule has 2 nitrogen and oxygen atoms in total. The van der Waals surface area contributed by atoms with Gasteiger partial charge in [0.05, 0.1) is 17.3 Å². The van der Waals surface area contributed by atoms with E-state index >= 15 is 0 Å². The van der Waals surface area contributed by atoms with Gasteiger partial charge in [-0.3, -0.25) is 0 Å². The minimum atomic E-state index is 0.623. The number of rotatable bonds is 7. The average molecular weight is 324 g/mol. The zero-order chi connectivity index (χ0) is 15.1. The van der Waals surface area contributed by atoms with Crippen LogP contribution >= 0.6 is 23.2 Å². The van der Waals surface area contributed by atoms with Gasteiger partial charge < -0.3 is 10.1 Å². The molecule has 0 aromatic heterocycles. The van der Waals surface area contributed by atoms with E-state index in [9.17, 15) is 0 Å². The molecule has 4 heteroatoms. The fraction of sp³-hybridized carbons (Fsp3) is 0.294. The van der Waals surface area contributed by atoms with Gasteiger partial charge in [0.1, 0.15) is 5.75 Å². The standard InChI is InChI=1S/C17H19Cl2NO/c1-2-3-9-21-15-6-4-5-13(10-15)12-20-17-8-7-14(18)11-16(17)19/h4-8,10-11,20H,2-3,9,12H2,1H3. The van der Waals surface area contributed by atoms with E-state index in [0.717, 1.165) is 36.4 Å². The van der Waals surface area contributed by atoms with Crippen LogP contribution in [0.3, 0.4) is 0 Å². The van der Waals surface area contributed by atoms with E-state index in [2.05, 4.69) is 18.3 Å². The number of nitrogens with one attached hydrogen (secondary N) is 1. The van der Waals surface area contributed by atoms with Crippen LogP contribution in [0.4, 0.5) is 5.69 Å². The number of hydrogen-bond donors (Lipinski definition) is 1. The summed E-state index contributed by atoms with van der Waals surface area (Å²) in [5, 5.41) is 4.56. The number of benzene rings is 2. The van der Waals surface area contributed by atoms with Gasteiger partial charge in [-0.25, -0.2) is 0 Å². The molecule has 21 heavy (non-hydrogen) atoms. The largest absolute Gasteiger partial charge is 0.494 e. The maximum absolute atomic E-state index is 6.14. The van der Waals surface area contributed by atoms with Crippen LogP contribution in [0, 0.1) is 0 Å². The minimum absolute atomic E-state index is 0.623. The molecule has 0 saturated heterocycles. The molecule has 0 saturated carbocycles. The van der Waals surface area contributed by atoms with Crippen LogP contribution in [0.25, 0.3) is 0 Å². The number of halogens is 2. The van der Waals surface area contributed by atoms with Crippen molar-refractivity contribution in [1.29, 1.82) is 0 Å². The zero-order valence-electron chi connectivity index (χ0n) is 12.0. The molecule has 0 unspecified atom stereocenters. The molecule has 2 aromatic rings. The van der Waals surface area contributed by atoms with E-state index in [0.29, 0.717) is 16.6 Å². The van der Waals surface area contributed by atoms with Crippen LogP contribution in [0.1, 0.15) is 25.3 Å². The van der Waals surface area contributed by atoms with Gasteiger partial charge in [-0.05, 0) is 42.3 Å². The Morgan fingerprint density at radius 1 is 1.10 bits per heavy atom. The molecule has 0 fully saturated rings. The fourth-order valence-electron chi connectivity index (χ4n) is 1.91. The first-order chi connectivity index (χ1) is 10.2. The van der Waals surface area contributed by atoms with Crippen LogP contribution in [-0.2, 0) is 6.54 Å². The van der Waals surface area contributed by atoms with E-state index in [-0.39, 0.29) is 0 Å². The van der Waals surface area contributed by atoms with Gasteiger partial charge >= 0.3 is 0 Å². The van der Waals surface area contributed by atoms with Crippen molar-refractivity contribution in [3.8, 4) is 5.75 Å². The Morgan fingerprint density at radius 2 is 1.95 bits per heavy atom. The third-order valence-corrected chi connectivity index (χ3v) is 3.63. The van der Waals surface area contributed by atoms with Gasteiger partial charge in [0, 0.05) is 11.6 Å². The molecule has 0 radical (unpaired) electrons. The van der Waals surface area contributed by atoms with Gasteiger partial charge in [0.2, 0.25) is 0 Å². The number of anilines is 1. The van der Waals surface area contributed by atoms with Crippen molar-refractivity contribution in [2.24, 2.45) is 0 Å².